The minimum atomic E-state index is 0.0620. The van der Waals surface area contributed by atoms with Crippen LogP contribution in [0, 0.1) is 13.8 Å². The van der Waals surface area contributed by atoms with Gasteiger partial charge in [0.2, 0.25) is 0 Å². The van der Waals surface area contributed by atoms with Gasteiger partial charge in [0.25, 0.3) is 0 Å². The standard InChI is InChI=1S/C18H20O2/c1-13-15(5-3-7-17(13)11-19)9-10-16-6-4-8-18(12-20)14(16)2/h3-10,19-20H,11-12H2,1-2H3/b10-9+. The second-order valence-corrected chi connectivity index (χ2v) is 4.91. The molecule has 0 aliphatic heterocycles. The van der Waals surface area contributed by atoms with Crippen LogP contribution < -0.4 is 0 Å². The summed E-state index contributed by atoms with van der Waals surface area (Å²) < 4.78 is 0. The van der Waals surface area contributed by atoms with Gasteiger partial charge in [-0.25, -0.2) is 0 Å². The number of rotatable bonds is 4. The van der Waals surface area contributed by atoms with Gasteiger partial charge in [-0.05, 0) is 47.2 Å². The summed E-state index contributed by atoms with van der Waals surface area (Å²) >= 11 is 0. The SMILES string of the molecule is Cc1c(/C=C/c2cccc(CO)c2C)cccc1CO. The molecule has 2 aromatic rings. The molecule has 2 nitrogen and oxygen atoms in total. The molecule has 0 saturated carbocycles. The van der Waals surface area contributed by atoms with Gasteiger partial charge in [0.05, 0.1) is 13.2 Å². The Kier molecular flexibility index (Phi) is 4.72. The lowest BCUT2D eigenvalue weighted by molar-refractivity contribution is 0.281. The summed E-state index contributed by atoms with van der Waals surface area (Å²) in [5, 5.41) is 18.6. The lowest BCUT2D eigenvalue weighted by Gasteiger charge is -2.08. The first-order valence-electron chi connectivity index (χ1n) is 6.74. The Labute approximate surface area is 120 Å². The molecule has 0 heterocycles. The normalized spacial score (nSPS) is 11.2. The summed E-state index contributed by atoms with van der Waals surface area (Å²) in [4.78, 5) is 0. The number of hydrogen-bond acceptors (Lipinski definition) is 2. The number of hydrogen-bond donors (Lipinski definition) is 2. The maximum Gasteiger partial charge on any atom is 0.0684 e. The molecular weight excluding hydrogens is 248 g/mol. The Morgan fingerprint density at radius 1 is 0.750 bits per heavy atom. The lowest BCUT2D eigenvalue weighted by atomic mass is 9.99. The predicted molar refractivity (Wildman–Crippen MR) is 83.1 cm³/mol. The van der Waals surface area contributed by atoms with Gasteiger partial charge in [-0.3, -0.25) is 0 Å². The van der Waals surface area contributed by atoms with Crippen LogP contribution in [-0.2, 0) is 13.2 Å². The minimum absolute atomic E-state index is 0.0620. The summed E-state index contributed by atoms with van der Waals surface area (Å²) in [5.74, 6) is 0. The number of benzene rings is 2. The molecule has 0 fully saturated rings. The second kappa shape index (κ2) is 6.51. The Morgan fingerprint density at radius 2 is 1.15 bits per heavy atom. The van der Waals surface area contributed by atoms with Crippen molar-refractivity contribution in [1.29, 1.82) is 0 Å². The van der Waals surface area contributed by atoms with Crippen molar-refractivity contribution in [2.45, 2.75) is 27.1 Å². The molecule has 0 spiro atoms. The van der Waals surface area contributed by atoms with Crippen LogP contribution in [0.3, 0.4) is 0 Å². The molecule has 104 valence electrons. The zero-order valence-electron chi connectivity index (χ0n) is 11.9. The molecule has 2 heteroatoms. The maximum absolute atomic E-state index is 9.29. The zero-order valence-corrected chi connectivity index (χ0v) is 11.9. The molecule has 0 aliphatic rings. The van der Waals surface area contributed by atoms with Crippen molar-refractivity contribution in [3.8, 4) is 0 Å². The fourth-order valence-corrected chi connectivity index (χ4v) is 2.29. The van der Waals surface area contributed by atoms with Crippen LogP contribution >= 0.6 is 0 Å². The largest absolute Gasteiger partial charge is 0.392 e. The molecule has 2 aromatic carbocycles. The molecule has 0 amide bonds. The average molecular weight is 268 g/mol. The molecule has 0 aromatic heterocycles. The van der Waals surface area contributed by atoms with E-state index in [4.69, 9.17) is 0 Å². The summed E-state index contributed by atoms with van der Waals surface area (Å²) in [6, 6.07) is 11.9. The van der Waals surface area contributed by atoms with Crippen molar-refractivity contribution < 1.29 is 10.2 Å². The van der Waals surface area contributed by atoms with E-state index in [1.165, 1.54) is 0 Å². The van der Waals surface area contributed by atoms with E-state index in [1.807, 2.05) is 50.2 Å². The number of aliphatic hydroxyl groups is 2. The first kappa shape index (κ1) is 14.5. The first-order valence-corrected chi connectivity index (χ1v) is 6.74. The summed E-state index contributed by atoms with van der Waals surface area (Å²) in [5.41, 5.74) is 6.31. The molecule has 0 bridgehead atoms. The van der Waals surface area contributed by atoms with Crippen LogP contribution in [-0.4, -0.2) is 10.2 Å². The van der Waals surface area contributed by atoms with E-state index in [0.717, 1.165) is 33.4 Å². The summed E-state index contributed by atoms with van der Waals surface area (Å²) in [7, 11) is 0. The third-order valence-corrected chi connectivity index (χ3v) is 3.76. The highest BCUT2D eigenvalue weighted by Crippen LogP contribution is 2.19. The van der Waals surface area contributed by atoms with Gasteiger partial charge in [-0.1, -0.05) is 48.6 Å². The lowest BCUT2D eigenvalue weighted by Crippen LogP contribution is -1.92. The predicted octanol–water partition coefficient (Wildman–Crippen LogP) is 3.46. The Hall–Kier alpha value is -1.90. The average Bonchev–Trinajstić information content (AvgIpc) is 2.47. The molecule has 2 N–H and O–H groups in total. The Balaban J connectivity index is 2.35. The van der Waals surface area contributed by atoms with Gasteiger partial charge in [0.15, 0.2) is 0 Å². The van der Waals surface area contributed by atoms with E-state index in [2.05, 4.69) is 12.2 Å². The minimum Gasteiger partial charge on any atom is -0.392 e. The monoisotopic (exact) mass is 268 g/mol. The molecular formula is C18H20O2. The van der Waals surface area contributed by atoms with Gasteiger partial charge >= 0.3 is 0 Å². The van der Waals surface area contributed by atoms with Crippen molar-refractivity contribution in [1.82, 2.24) is 0 Å². The topological polar surface area (TPSA) is 40.5 Å². The third-order valence-electron chi connectivity index (χ3n) is 3.76. The van der Waals surface area contributed by atoms with E-state index in [1.54, 1.807) is 0 Å². The van der Waals surface area contributed by atoms with Crippen LogP contribution in [0.1, 0.15) is 33.4 Å². The fraction of sp³-hybridized carbons (Fsp3) is 0.222. The second-order valence-electron chi connectivity index (χ2n) is 4.91. The molecule has 0 unspecified atom stereocenters. The van der Waals surface area contributed by atoms with Crippen LogP contribution in [0.15, 0.2) is 36.4 Å². The highest BCUT2D eigenvalue weighted by atomic mass is 16.3. The molecule has 2 rings (SSSR count). The smallest absolute Gasteiger partial charge is 0.0684 e. The molecule has 0 saturated heterocycles. The molecule has 0 aliphatic carbocycles. The quantitative estimate of drug-likeness (QED) is 0.834. The maximum atomic E-state index is 9.29. The zero-order chi connectivity index (χ0) is 14.5. The van der Waals surface area contributed by atoms with Gasteiger partial charge < -0.3 is 10.2 Å². The first-order chi connectivity index (χ1) is 9.67. The fourth-order valence-electron chi connectivity index (χ4n) is 2.29. The molecule has 0 radical (unpaired) electrons. The van der Waals surface area contributed by atoms with Crippen molar-refractivity contribution in [3.05, 3.63) is 69.8 Å². The van der Waals surface area contributed by atoms with Crippen LogP contribution in [0.25, 0.3) is 12.2 Å². The van der Waals surface area contributed by atoms with Crippen LogP contribution in [0.4, 0.5) is 0 Å². The molecule has 20 heavy (non-hydrogen) atoms. The van der Waals surface area contributed by atoms with Gasteiger partial charge in [0, 0.05) is 0 Å². The Bertz CT molecular complexity index is 572. The highest BCUT2D eigenvalue weighted by Gasteiger charge is 2.02. The van der Waals surface area contributed by atoms with Crippen LogP contribution in [0.2, 0.25) is 0 Å². The molecule has 0 atom stereocenters. The third kappa shape index (κ3) is 2.98. The summed E-state index contributed by atoms with van der Waals surface area (Å²) in [6.07, 6.45) is 4.11. The van der Waals surface area contributed by atoms with Crippen molar-refractivity contribution >= 4 is 12.2 Å². The number of aliphatic hydroxyl groups excluding tert-OH is 2. The van der Waals surface area contributed by atoms with E-state index in [9.17, 15) is 10.2 Å². The van der Waals surface area contributed by atoms with E-state index < -0.39 is 0 Å². The van der Waals surface area contributed by atoms with Crippen molar-refractivity contribution in [2.75, 3.05) is 0 Å². The van der Waals surface area contributed by atoms with E-state index in [-0.39, 0.29) is 13.2 Å². The van der Waals surface area contributed by atoms with Crippen molar-refractivity contribution in [2.24, 2.45) is 0 Å². The Morgan fingerprint density at radius 3 is 1.50 bits per heavy atom. The van der Waals surface area contributed by atoms with Gasteiger partial charge in [-0.15, -0.1) is 0 Å². The van der Waals surface area contributed by atoms with E-state index >= 15 is 0 Å². The van der Waals surface area contributed by atoms with Crippen LogP contribution in [0.5, 0.6) is 0 Å². The van der Waals surface area contributed by atoms with E-state index in [0.29, 0.717) is 0 Å². The highest BCUT2D eigenvalue weighted by molar-refractivity contribution is 5.73. The summed E-state index contributed by atoms with van der Waals surface area (Å²) in [6.45, 7) is 4.16. The van der Waals surface area contributed by atoms with Crippen molar-refractivity contribution in [3.63, 3.8) is 0 Å². The van der Waals surface area contributed by atoms with Gasteiger partial charge in [-0.2, -0.15) is 0 Å². The van der Waals surface area contributed by atoms with Gasteiger partial charge in [0.1, 0.15) is 0 Å².